The van der Waals surface area contributed by atoms with Crippen LogP contribution in [0.25, 0.3) is 10.7 Å². The third-order valence-electron chi connectivity index (χ3n) is 2.26. The molecular weight excluding hydrogens is 291 g/mol. The van der Waals surface area contributed by atoms with Crippen LogP contribution in [0.3, 0.4) is 0 Å². The van der Waals surface area contributed by atoms with Gasteiger partial charge in [0.05, 0.1) is 17.8 Å². The highest BCUT2D eigenvalue weighted by Gasteiger charge is 2.27. The molecule has 0 fully saturated rings. The summed E-state index contributed by atoms with van der Waals surface area (Å²) in [6.45, 7) is -1.33. The molecular formula is C12H10F3N3OS. The molecule has 106 valence electrons. The van der Waals surface area contributed by atoms with Crippen molar-refractivity contribution in [2.75, 3.05) is 6.54 Å². The van der Waals surface area contributed by atoms with Crippen molar-refractivity contribution in [3.05, 3.63) is 35.5 Å². The average molecular weight is 301 g/mol. The van der Waals surface area contributed by atoms with Crippen LogP contribution in [-0.2, 0) is 11.2 Å². The summed E-state index contributed by atoms with van der Waals surface area (Å²) in [4.78, 5) is 19.6. The number of halogens is 3. The predicted molar refractivity (Wildman–Crippen MR) is 68.1 cm³/mol. The van der Waals surface area contributed by atoms with E-state index in [4.69, 9.17) is 0 Å². The van der Waals surface area contributed by atoms with Crippen LogP contribution < -0.4 is 5.32 Å². The third-order valence-corrected chi connectivity index (χ3v) is 3.18. The number of nitrogens with zero attached hydrogens (tertiary/aromatic N) is 2. The average Bonchev–Trinajstić information content (AvgIpc) is 2.85. The van der Waals surface area contributed by atoms with Crippen molar-refractivity contribution in [1.29, 1.82) is 0 Å². The normalized spacial score (nSPS) is 11.3. The van der Waals surface area contributed by atoms with Gasteiger partial charge in [0.15, 0.2) is 0 Å². The molecule has 8 heteroatoms. The number of carbonyl (C=O) groups is 1. The number of hydrogen-bond acceptors (Lipinski definition) is 4. The second-order valence-corrected chi connectivity index (χ2v) is 4.79. The highest BCUT2D eigenvalue weighted by molar-refractivity contribution is 7.13. The minimum absolute atomic E-state index is 0.181. The number of pyridine rings is 1. The summed E-state index contributed by atoms with van der Waals surface area (Å²) in [5, 5.41) is 4.07. The van der Waals surface area contributed by atoms with E-state index in [9.17, 15) is 18.0 Å². The molecule has 0 spiro atoms. The lowest BCUT2D eigenvalue weighted by atomic mass is 10.3. The standard InChI is InChI=1S/C12H10F3N3OS/c13-12(14,15)7-17-10(19)5-8-6-20-11(18-8)9-3-1-2-4-16-9/h1-4,6H,5,7H2,(H,17,19). The van der Waals surface area contributed by atoms with Gasteiger partial charge in [-0.2, -0.15) is 13.2 Å². The van der Waals surface area contributed by atoms with Crippen molar-refractivity contribution in [1.82, 2.24) is 15.3 Å². The van der Waals surface area contributed by atoms with Crippen LogP contribution in [0.2, 0.25) is 0 Å². The Hall–Kier alpha value is -1.96. The molecule has 0 bridgehead atoms. The van der Waals surface area contributed by atoms with Crippen molar-refractivity contribution >= 4 is 17.2 Å². The smallest absolute Gasteiger partial charge is 0.347 e. The molecule has 4 nitrogen and oxygen atoms in total. The fourth-order valence-electron chi connectivity index (χ4n) is 1.42. The quantitative estimate of drug-likeness (QED) is 0.943. The summed E-state index contributed by atoms with van der Waals surface area (Å²) < 4.78 is 35.8. The molecule has 0 saturated heterocycles. The lowest BCUT2D eigenvalue weighted by molar-refractivity contribution is -0.138. The van der Waals surface area contributed by atoms with Gasteiger partial charge in [-0.25, -0.2) is 4.98 Å². The minimum Gasteiger partial charge on any atom is -0.347 e. The number of carbonyl (C=O) groups excluding carboxylic acids is 1. The maximum Gasteiger partial charge on any atom is 0.405 e. The van der Waals surface area contributed by atoms with Crippen LogP contribution >= 0.6 is 11.3 Å². The Bertz CT molecular complexity index is 583. The summed E-state index contributed by atoms with van der Waals surface area (Å²) in [6, 6.07) is 5.34. The van der Waals surface area contributed by atoms with E-state index in [0.29, 0.717) is 16.4 Å². The van der Waals surface area contributed by atoms with Crippen LogP contribution in [0.15, 0.2) is 29.8 Å². The summed E-state index contributed by atoms with van der Waals surface area (Å²) >= 11 is 1.29. The summed E-state index contributed by atoms with van der Waals surface area (Å²) in [5.41, 5.74) is 1.09. The SMILES string of the molecule is O=C(Cc1csc(-c2ccccn2)n1)NCC(F)(F)F. The zero-order valence-electron chi connectivity index (χ0n) is 10.1. The van der Waals surface area contributed by atoms with Gasteiger partial charge in [-0.05, 0) is 12.1 Å². The Morgan fingerprint density at radius 1 is 1.35 bits per heavy atom. The molecule has 0 aromatic carbocycles. The summed E-state index contributed by atoms with van der Waals surface area (Å²) in [6.07, 6.45) is -2.97. The maximum absolute atomic E-state index is 11.9. The fraction of sp³-hybridized carbons (Fsp3) is 0.250. The van der Waals surface area contributed by atoms with Gasteiger partial charge in [-0.15, -0.1) is 11.3 Å². The van der Waals surface area contributed by atoms with E-state index in [1.165, 1.54) is 11.3 Å². The second-order valence-electron chi connectivity index (χ2n) is 3.93. The van der Waals surface area contributed by atoms with Gasteiger partial charge in [-0.1, -0.05) is 6.07 Å². The lowest BCUT2D eigenvalue weighted by Gasteiger charge is -2.07. The van der Waals surface area contributed by atoms with E-state index in [-0.39, 0.29) is 6.42 Å². The Morgan fingerprint density at radius 3 is 2.80 bits per heavy atom. The minimum atomic E-state index is -4.41. The molecule has 1 amide bonds. The molecule has 2 rings (SSSR count). The molecule has 0 unspecified atom stereocenters. The number of aromatic nitrogens is 2. The van der Waals surface area contributed by atoms with E-state index in [0.717, 1.165) is 0 Å². The van der Waals surface area contributed by atoms with E-state index in [2.05, 4.69) is 9.97 Å². The highest BCUT2D eigenvalue weighted by Crippen LogP contribution is 2.21. The Labute approximate surface area is 116 Å². The lowest BCUT2D eigenvalue weighted by Crippen LogP contribution is -2.34. The third kappa shape index (κ3) is 4.30. The molecule has 20 heavy (non-hydrogen) atoms. The summed E-state index contributed by atoms with van der Waals surface area (Å²) in [7, 11) is 0. The van der Waals surface area contributed by atoms with E-state index in [1.807, 2.05) is 0 Å². The Morgan fingerprint density at radius 2 is 2.15 bits per heavy atom. The van der Waals surface area contributed by atoms with Gasteiger partial charge in [0.25, 0.3) is 0 Å². The fourth-order valence-corrected chi connectivity index (χ4v) is 2.22. The first-order valence-electron chi connectivity index (χ1n) is 5.63. The van der Waals surface area contributed by atoms with Crippen LogP contribution in [0.5, 0.6) is 0 Å². The molecule has 2 aromatic rings. The number of hydrogen-bond donors (Lipinski definition) is 1. The van der Waals surface area contributed by atoms with Gasteiger partial charge in [0.1, 0.15) is 11.6 Å². The number of nitrogens with one attached hydrogen (secondary N) is 1. The zero-order valence-corrected chi connectivity index (χ0v) is 11.0. The topological polar surface area (TPSA) is 54.9 Å². The predicted octanol–water partition coefficient (Wildman–Crippen LogP) is 2.43. The van der Waals surface area contributed by atoms with Crippen molar-refractivity contribution in [2.45, 2.75) is 12.6 Å². The van der Waals surface area contributed by atoms with Gasteiger partial charge >= 0.3 is 6.18 Å². The van der Waals surface area contributed by atoms with Crippen LogP contribution in [-0.4, -0.2) is 28.6 Å². The molecule has 0 atom stereocenters. The molecule has 2 heterocycles. The van der Waals surface area contributed by atoms with Crippen molar-refractivity contribution in [3.63, 3.8) is 0 Å². The van der Waals surface area contributed by atoms with Gasteiger partial charge in [0, 0.05) is 11.6 Å². The molecule has 0 aliphatic carbocycles. The second kappa shape index (κ2) is 6.00. The van der Waals surface area contributed by atoms with Gasteiger partial charge < -0.3 is 5.32 Å². The van der Waals surface area contributed by atoms with Crippen molar-refractivity contribution in [3.8, 4) is 10.7 Å². The van der Waals surface area contributed by atoms with Crippen molar-refractivity contribution < 1.29 is 18.0 Å². The van der Waals surface area contributed by atoms with E-state index in [1.54, 1.807) is 35.1 Å². The first kappa shape index (κ1) is 14.4. The number of thiazole rings is 1. The summed E-state index contributed by atoms with van der Waals surface area (Å²) in [5.74, 6) is -0.708. The molecule has 0 saturated carbocycles. The van der Waals surface area contributed by atoms with Crippen molar-refractivity contribution in [2.24, 2.45) is 0 Å². The van der Waals surface area contributed by atoms with E-state index < -0.39 is 18.6 Å². The first-order valence-corrected chi connectivity index (χ1v) is 6.51. The Kier molecular flexibility index (Phi) is 4.33. The maximum atomic E-state index is 11.9. The van der Waals surface area contributed by atoms with Crippen LogP contribution in [0, 0.1) is 0 Å². The number of alkyl halides is 3. The zero-order chi connectivity index (χ0) is 14.6. The highest BCUT2D eigenvalue weighted by atomic mass is 32.1. The van der Waals surface area contributed by atoms with Crippen LogP contribution in [0.4, 0.5) is 13.2 Å². The van der Waals surface area contributed by atoms with E-state index >= 15 is 0 Å². The largest absolute Gasteiger partial charge is 0.405 e. The molecule has 2 aromatic heterocycles. The molecule has 0 aliphatic heterocycles. The van der Waals surface area contributed by atoms with Crippen LogP contribution in [0.1, 0.15) is 5.69 Å². The number of amides is 1. The van der Waals surface area contributed by atoms with Gasteiger partial charge in [0.2, 0.25) is 5.91 Å². The Balaban J connectivity index is 1.95. The first-order chi connectivity index (χ1) is 9.44. The molecule has 0 aliphatic rings. The molecule has 0 radical (unpaired) electrons. The number of rotatable bonds is 4. The molecule has 1 N–H and O–H groups in total. The monoisotopic (exact) mass is 301 g/mol. The van der Waals surface area contributed by atoms with Gasteiger partial charge in [-0.3, -0.25) is 9.78 Å².